The van der Waals surface area contributed by atoms with Crippen LogP contribution in [0.1, 0.15) is 30.9 Å². The van der Waals surface area contributed by atoms with Crippen molar-refractivity contribution in [3.05, 3.63) is 35.6 Å². The van der Waals surface area contributed by atoms with Crippen molar-refractivity contribution in [3.8, 4) is 0 Å². The number of rotatable bonds is 7. The number of hydrogen-bond donors (Lipinski definition) is 1. The largest absolute Gasteiger partial charge is 0.370 e. The number of sulfone groups is 1. The van der Waals surface area contributed by atoms with Crippen molar-refractivity contribution in [1.82, 2.24) is 4.90 Å². The molecule has 1 aromatic carbocycles. The molecule has 2 rings (SSSR count). The molecular weight excluding hydrogens is 307 g/mol. The zero-order chi connectivity index (χ0) is 16.2. The fraction of sp³-hybridized carbons (Fsp3) is 0.533. The van der Waals surface area contributed by atoms with Gasteiger partial charge in [-0.25, -0.2) is 12.8 Å². The Morgan fingerprint density at radius 1 is 1.36 bits per heavy atom. The monoisotopic (exact) mass is 328 g/mol. The van der Waals surface area contributed by atoms with Crippen LogP contribution < -0.4 is 5.73 Å². The first-order valence-corrected chi connectivity index (χ1v) is 9.18. The number of benzene rings is 1. The summed E-state index contributed by atoms with van der Waals surface area (Å²) < 4.78 is 37.1. The van der Waals surface area contributed by atoms with Gasteiger partial charge in [0, 0.05) is 19.0 Å². The van der Waals surface area contributed by atoms with Gasteiger partial charge >= 0.3 is 0 Å². The molecule has 22 heavy (non-hydrogen) atoms. The van der Waals surface area contributed by atoms with Crippen molar-refractivity contribution >= 4 is 15.7 Å². The van der Waals surface area contributed by atoms with Crippen LogP contribution in [0.4, 0.5) is 4.39 Å². The van der Waals surface area contributed by atoms with Crippen LogP contribution in [0.15, 0.2) is 24.3 Å². The predicted octanol–water partition coefficient (Wildman–Crippen LogP) is 1.25. The Labute approximate surface area is 130 Å². The maximum atomic E-state index is 13.3. The number of nitrogens with two attached hydrogens (primary N) is 1. The molecule has 122 valence electrons. The summed E-state index contributed by atoms with van der Waals surface area (Å²) in [5, 5.41) is 0. The van der Waals surface area contributed by atoms with Gasteiger partial charge in [-0.2, -0.15) is 0 Å². The zero-order valence-corrected chi connectivity index (χ0v) is 13.2. The van der Waals surface area contributed by atoms with Crippen molar-refractivity contribution < 1.29 is 17.6 Å². The number of primary amides is 1. The van der Waals surface area contributed by atoms with Crippen molar-refractivity contribution in [3.63, 3.8) is 0 Å². The first kappa shape index (κ1) is 16.9. The number of carbonyl (C=O) groups excluding carboxylic acids is 1. The molecule has 1 aliphatic rings. The van der Waals surface area contributed by atoms with Crippen molar-refractivity contribution in [2.45, 2.75) is 25.3 Å². The summed E-state index contributed by atoms with van der Waals surface area (Å²) in [4.78, 5) is 12.8. The molecule has 2 N–H and O–H groups in total. The number of likely N-dealkylation sites (tertiary alicyclic amines) is 1. The topological polar surface area (TPSA) is 80.5 Å². The fourth-order valence-corrected chi connectivity index (χ4v) is 4.03. The number of hydrogen-bond acceptors (Lipinski definition) is 4. The highest BCUT2D eigenvalue weighted by atomic mass is 32.2. The maximum absolute atomic E-state index is 13.3. The summed E-state index contributed by atoms with van der Waals surface area (Å²) in [7, 11) is -3.29. The van der Waals surface area contributed by atoms with E-state index in [4.69, 9.17) is 5.73 Å². The van der Waals surface area contributed by atoms with E-state index in [0.717, 1.165) is 24.9 Å². The Morgan fingerprint density at radius 3 is 2.82 bits per heavy atom. The highest BCUT2D eigenvalue weighted by Gasteiger charge is 2.27. The third kappa shape index (κ3) is 4.78. The van der Waals surface area contributed by atoms with Gasteiger partial charge in [-0.1, -0.05) is 12.1 Å². The summed E-state index contributed by atoms with van der Waals surface area (Å²) in [5.74, 6) is -1.10. The zero-order valence-electron chi connectivity index (χ0n) is 12.4. The van der Waals surface area contributed by atoms with Crippen LogP contribution >= 0.6 is 0 Å². The van der Waals surface area contributed by atoms with Gasteiger partial charge in [0.05, 0.1) is 11.5 Å². The van der Waals surface area contributed by atoms with Crippen molar-refractivity contribution in [1.29, 1.82) is 0 Å². The lowest BCUT2D eigenvalue weighted by Crippen LogP contribution is -2.30. The smallest absolute Gasteiger partial charge is 0.218 e. The normalized spacial score (nSPS) is 19.4. The highest BCUT2D eigenvalue weighted by Crippen LogP contribution is 2.31. The second-order valence-electron chi connectivity index (χ2n) is 5.62. The summed E-state index contributed by atoms with van der Waals surface area (Å²) in [6.45, 7) is 1.19. The molecule has 1 unspecified atom stereocenters. The van der Waals surface area contributed by atoms with Crippen LogP contribution in [0.25, 0.3) is 0 Å². The number of amides is 1. The Hall–Kier alpha value is -1.47. The van der Waals surface area contributed by atoms with Gasteiger partial charge in [-0.3, -0.25) is 9.69 Å². The average Bonchev–Trinajstić information content (AvgIpc) is 2.92. The standard InChI is InChI=1S/C15H21FN2O3S/c16-13-4-1-3-12(11-13)14-5-2-7-18(14)8-10-22(20,21)9-6-15(17)19/h1,3-4,11,14H,2,5-10H2,(H2,17,19). The molecule has 1 saturated heterocycles. The van der Waals surface area contributed by atoms with Gasteiger partial charge in [-0.05, 0) is 37.1 Å². The van der Waals surface area contributed by atoms with E-state index in [1.807, 2.05) is 6.07 Å². The molecule has 0 aromatic heterocycles. The molecule has 1 aliphatic heterocycles. The van der Waals surface area contributed by atoms with Crippen LogP contribution in [0, 0.1) is 5.82 Å². The van der Waals surface area contributed by atoms with E-state index in [9.17, 15) is 17.6 Å². The van der Waals surface area contributed by atoms with E-state index >= 15 is 0 Å². The highest BCUT2D eigenvalue weighted by molar-refractivity contribution is 7.91. The summed E-state index contributed by atoms with van der Waals surface area (Å²) in [6, 6.07) is 6.50. The van der Waals surface area contributed by atoms with Gasteiger partial charge in [0.2, 0.25) is 5.91 Å². The van der Waals surface area contributed by atoms with Crippen molar-refractivity contribution in [2.24, 2.45) is 5.73 Å². The summed E-state index contributed by atoms with van der Waals surface area (Å²) >= 11 is 0. The Bertz CT molecular complexity index is 633. The van der Waals surface area contributed by atoms with Gasteiger partial charge in [0.15, 0.2) is 9.84 Å². The molecule has 0 spiro atoms. The fourth-order valence-electron chi connectivity index (χ4n) is 2.80. The van der Waals surface area contributed by atoms with Gasteiger partial charge < -0.3 is 5.73 Å². The van der Waals surface area contributed by atoms with E-state index < -0.39 is 15.7 Å². The molecule has 0 radical (unpaired) electrons. The molecule has 1 fully saturated rings. The lowest BCUT2D eigenvalue weighted by Gasteiger charge is -2.24. The van der Waals surface area contributed by atoms with E-state index in [0.29, 0.717) is 6.54 Å². The molecule has 0 bridgehead atoms. The van der Waals surface area contributed by atoms with Crippen LogP contribution in [0.2, 0.25) is 0 Å². The second kappa shape index (κ2) is 7.19. The molecular formula is C15H21FN2O3S. The molecule has 0 aliphatic carbocycles. The average molecular weight is 328 g/mol. The molecule has 7 heteroatoms. The molecule has 1 atom stereocenters. The number of nitrogens with zero attached hydrogens (tertiary/aromatic N) is 1. The number of halogens is 1. The second-order valence-corrected chi connectivity index (χ2v) is 7.92. The van der Waals surface area contributed by atoms with E-state index in [2.05, 4.69) is 4.90 Å². The van der Waals surface area contributed by atoms with Crippen LogP contribution in [0.5, 0.6) is 0 Å². The molecule has 1 amide bonds. The van der Waals surface area contributed by atoms with E-state index in [1.54, 1.807) is 6.07 Å². The Balaban J connectivity index is 1.96. The SMILES string of the molecule is NC(=O)CCS(=O)(=O)CCN1CCCC1c1cccc(F)c1. The van der Waals surface area contributed by atoms with Gasteiger partial charge in [0.25, 0.3) is 0 Å². The molecule has 5 nitrogen and oxygen atoms in total. The van der Waals surface area contributed by atoms with Gasteiger partial charge in [-0.15, -0.1) is 0 Å². The minimum Gasteiger partial charge on any atom is -0.370 e. The van der Waals surface area contributed by atoms with Gasteiger partial charge in [0.1, 0.15) is 5.82 Å². The van der Waals surface area contributed by atoms with E-state index in [-0.39, 0.29) is 29.8 Å². The first-order chi connectivity index (χ1) is 10.4. The number of carbonyl (C=O) groups is 1. The molecule has 1 heterocycles. The summed E-state index contributed by atoms with van der Waals surface area (Å²) in [6.07, 6.45) is 1.71. The van der Waals surface area contributed by atoms with Crippen LogP contribution in [0.3, 0.4) is 0 Å². The van der Waals surface area contributed by atoms with Crippen LogP contribution in [-0.4, -0.2) is 43.8 Å². The molecule has 0 saturated carbocycles. The minimum atomic E-state index is -3.29. The Kier molecular flexibility index (Phi) is 5.52. The third-order valence-corrected chi connectivity index (χ3v) is 5.58. The van der Waals surface area contributed by atoms with Crippen molar-refractivity contribution in [2.75, 3.05) is 24.6 Å². The molecule has 1 aromatic rings. The maximum Gasteiger partial charge on any atom is 0.218 e. The quantitative estimate of drug-likeness (QED) is 0.817. The minimum absolute atomic E-state index is 0.00784. The third-order valence-electron chi connectivity index (χ3n) is 3.95. The van der Waals surface area contributed by atoms with E-state index in [1.165, 1.54) is 12.1 Å². The van der Waals surface area contributed by atoms with Crippen LogP contribution in [-0.2, 0) is 14.6 Å². The first-order valence-electron chi connectivity index (χ1n) is 7.35. The summed E-state index contributed by atoms with van der Waals surface area (Å²) in [5.41, 5.74) is 5.86. The lowest BCUT2D eigenvalue weighted by molar-refractivity contribution is -0.117. The predicted molar refractivity (Wildman–Crippen MR) is 82.4 cm³/mol. The Morgan fingerprint density at radius 2 is 2.14 bits per heavy atom. The lowest BCUT2D eigenvalue weighted by atomic mass is 10.0.